The molecule has 2 fully saturated rings. The molecule has 0 aromatic heterocycles. The maximum Gasteiger partial charge on any atom is 0.153 e. The van der Waals surface area contributed by atoms with E-state index in [0.717, 1.165) is 38.0 Å². The van der Waals surface area contributed by atoms with Crippen LogP contribution in [0.4, 0.5) is 0 Å². The molecule has 4 rings (SSSR count). The molecule has 2 nitrogen and oxygen atoms in total. The third-order valence-electron chi connectivity index (χ3n) is 6.53. The molecule has 1 aliphatic heterocycles. The van der Waals surface area contributed by atoms with Crippen LogP contribution in [-0.2, 0) is 5.60 Å². The van der Waals surface area contributed by atoms with Gasteiger partial charge in [0.15, 0.2) is 5.60 Å². The molecule has 2 heteroatoms. The van der Waals surface area contributed by atoms with Gasteiger partial charge >= 0.3 is 0 Å². The second-order valence-electron chi connectivity index (χ2n) is 8.40. The first-order valence-corrected chi connectivity index (χ1v) is 10.8. The van der Waals surface area contributed by atoms with Gasteiger partial charge in [0.25, 0.3) is 0 Å². The van der Waals surface area contributed by atoms with Gasteiger partial charge in [0.2, 0.25) is 0 Å². The number of aliphatic hydroxyl groups is 1. The molecule has 146 valence electrons. The lowest BCUT2D eigenvalue weighted by atomic mass is 9.73. The van der Waals surface area contributed by atoms with Crippen LogP contribution in [0.5, 0.6) is 0 Å². The monoisotopic (exact) mass is 373 g/mol. The van der Waals surface area contributed by atoms with Gasteiger partial charge in [-0.1, -0.05) is 91.8 Å². The molecule has 2 aliphatic rings. The van der Waals surface area contributed by atoms with Crippen molar-refractivity contribution in [1.82, 2.24) is 4.90 Å². The van der Waals surface area contributed by atoms with Crippen LogP contribution in [0.25, 0.3) is 0 Å². The summed E-state index contributed by atoms with van der Waals surface area (Å²) >= 11 is 0. The lowest BCUT2D eigenvalue weighted by Gasteiger charge is -2.35. The molecule has 2 atom stereocenters. The average molecular weight is 374 g/mol. The minimum atomic E-state index is -1.01. The number of hydrogen-bond acceptors (Lipinski definition) is 2. The van der Waals surface area contributed by atoms with Crippen molar-refractivity contribution >= 4 is 0 Å². The summed E-state index contributed by atoms with van der Waals surface area (Å²) in [6, 6.07) is 20.9. The zero-order valence-electron chi connectivity index (χ0n) is 16.7. The highest BCUT2D eigenvalue weighted by atomic mass is 16.3. The van der Waals surface area contributed by atoms with Gasteiger partial charge in [-0.05, 0) is 42.9 Å². The van der Waals surface area contributed by atoms with E-state index in [9.17, 15) is 5.11 Å². The van der Waals surface area contributed by atoms with E-state index in [-0.39, 0.29) is 5.92 Å². The number of likely N-dealkylation sites (tertiary alicyclic amines) is 1. The van der Waals surface area contributed by atoms with Crippen molar-refractivity contribution in [3.63, 3.8) is 0 Å². The Morgan fingerprint density at radius 3 is 2.29 bits per heavy atom. The normalized spacial score (nSPS) is 23.0. The molecule has 0 spiro atoms. The van der Waals surface area contributed by atoms with Crippen molar-refractivity contribution in [2.45, 2.75) is 50.0 Å². The molecular weight excluding hydrogens is 342 g/mol. The third-order valence-corrected chi connectivity index (χ3v) is 6.53. The van der Waals surface area contributed by atoms with E-state index in [2.05, 4.69) is 47.1 Å². The Balaban J connectivity index is 1.46. The summed E-state index contributed by atoms with van der Waals surface area (Å²) < 4.78 is 0. The topological polar surface area (TPSA) is 23.5 Å². The Morgan fingerprint density at radius 2 is 1.57 bits per heavy atom. The molecule has 1 saturated heterocycles. The first-order chi connectivity index (χ1) is 13.8. The van der Waals surface area contributed by atoms with Crippen LogP contribution in [0.3, 0.4) is 0 Å². The number of nitrogens with zero attached hydrogens (tertiary/aromatic N) is 1. The Morgan fingerprint density at radius 1 is 0.893 bits per heavy atom. The standard InChI is InChI=1S/C26H31NO/c28-26(24-13-6-2-7-14-24,25-15-8-3-9-16-25)18-10-19-27-20-17-23(21-27)22-11-4-1-5-12-22/h1-2,4-7,11-14,23,25,28H,3,8-9,15-17,19-21H2/t23-,26+/m0/s1. The number of rotatable bonds is 4. The molecule has 2 aromatic rings. The van der Waals surface area contributed by atoms with Gasteiger partial charge in [-0.25, -0.2) is 0 Å². The lowest BCUT2D eigenvalue weighted by Crippen LogP contribution is -2.35. The van der Waals surface area contributed by atoms with E-state index >= 15 is 0 Å². The van der Waals surface area contributed by atoms with E-state index < -0.39 is 5.60 Å². The van der Waals surface area contributed by atoms with E-state index in [1.165, 1.54) is 31.2 Å². The highest BCUT2D eigenvalue weighted by Crippen LogP contribution is 2.39. The van der Waals surface area contributed by atoms with Crippen LogP contribution < -0.4 is 0 Å². The zero-order chi connectivity index (χ0) is 19.2. The predicted octanol–water partition coefficient (Wildman–Crippen LogP) is 4.95. The van der Waals surface area contributed by atoms with Crippen molar-refractivity contribution in [2.75, 3.05) is 19.6 Å². The molecule has 2 aromatic carbocycles. The third kappa shape index (κ3) is 4.32. The fourth-order valence-electron chi connectivity index (χ4n) is 4.88. The molecule has 0 amide bonds. The maximum absolute atomic E-state index is 11.6. The van der Waals surface area contributed by atoms with Gasteiger partial charge in [0, 0.05) is 12.5 Å². The number of hydrogen-bond donors (Lipinski definition) is 1. The Labute approximate surface area is 169 Å². The van der Waals surface area contributed by atoms with Gasteiger partial charge in [-0.3, -0.25) is 4.90 Å². The quantitative estimate of drug-likeness (QED) is 0.767. The maximum atomic E-state index is 11.6. The highest BCUT2D eigenvalue weighted by Gasteiger charge is 2.37. The average Bonchev–Trinajstić information content (AvgIpc) is 3.24. The van der Waals surface area contributed by atoms with E-state index in [1.54, 1.807) is 0 Å². The first-order valence-electron chi connectivity index (χ1n) is 10.8. The van der Waals surface area contributed by atoms with Gasteiger partial charge in [-0.2, -0.15) is 0 Å². The molecular formula is C26H31NO. The second-order valence-corrected chi connectivity index (χ2v) is 8.40. The van der Waals surface area contributed by atoms with Gasteiger partial charge < -0.3 is 5.11 Å². The van der Waals surface area contributed by atoms with E-state index in [1.807, 2.05) is 30.3 Å². The highest BCUT2D eigenvalue weighted by molar-refractivity contribution is 5.33. The van der Waals surface area contributed by atoms with Crippen LogP contribution in [-0.4, -0.2) is 29.6 Å². The van der Waals surface area contributed by atoms with Gasteiger partial charge in [0.1, 0.15) is 0 Å². The number of benzene rings is 2. The summed E-state index contributed by atoms with van der Waals surface area (Å²) in [7, 11) is 0. The van der Waals surface area contributed by atoms with Crippen molar-refractivity contribution < 1.29 is 5.11 Å². The predicted molar refractivity (Wildman–Crippen MR) is 115 cm³/mol. The fraction of sp³-hybridized carbons (Fsp3) is 0.462. The van der Waals surface area contributed by atoms with Crippen LogP contribution in [0.2, 0.25) is 0 Å². The molecule has 1 saturated carbocycles. The fourth-order valence-corrected chi connectivity index (χ4v) is 4.88. The summed E-state index contributed by atoms with van der Waals surface area (Å²) in [4.78, 5) is 2.43. The first kappa shape index (κ1) is 19.2. The molecule has 0 unspecified atom stereocenters. The SMILES string of the molecule is O[C@](C#CCN1CC[C@H](c2ccccc2)C1)(c1ccccc1)C1CCCCC1. The smallest absolute Gasteiger partial charge is 0.153 e. The van der Waals surface area contributed by atoms with E-state index in [0.29, 0.717) is 5.92 Å². The van der Waals surface area contributed by atoms with Gasteiger partial charge in [0.05, 0.1) is 6.54 Å². The van der Waals surface area contributed by atoms with Crippen molar-refractivity contribution in [2.24, 2.45) is 5.92 Å². The summed E-state index contributed by atoms with van der Waals surface area (Å²) in [6.45, 7) is 2.89. The van der Waals surface area contributed by atoms with Crippen LogP contribution in [0.15, 0.2) is 60.7 Å². The summed E-state index contributed by atoms with van der Waals surface area (Å²) in [5.74, 6) is 7.54. The summed E-state index contributed by atoms with van der Waals surface area (Å²) in [6.07, 6.45) is 7.01. The Hall–Kier alpha value is -2.08. The second kappa shape index (κ2) is 8.95. The Bertz CT molecular complexity index is 801. The Kier molecular flexibility index (Phi) is 6.15. The van der Waals surface area contributed by atoms with Crippen LogP contribution in [0, 0.1) is 17.8 Å². The molecule has 0 bridgehead atoms. The lowest BCUT2D eigenvalue weighted by molar-refractivity contribution is 0.0158. The molecule has 28 heavy (non-hydrogen) atoms. The molecule has 1 heterocycles. The molecule has 0 radical (unpaired) electrons. The van der Waals surface area contributed by atoms with Crippen LogP contribution >= 0.6 is 0 Å². The largest absolute Gasteiger partial charge is 0.373 e. The van der Waals surface area contributed by atoms with Crippen molar-refractivity contribution in [3.8, 4) is 11.8 Å². The van der Waals surface area contributed by atoms with Crippen LogP contribution in [0.1, 0.15) is 55.6 Å². The summed E-state index contributed by atoms with van der Waals surface area (Å²) in [5, 5.41) is 11.6. The minimum Gasteiger partial charge on any atom is -0.373 e. The van der Waals surface area contributed by atoms with E-state index in [4.69, 9.17) is 0 Å². The molecule has 1 N–H and O–H groups in total. The summed E-state index contributed by atoms with van der Waals surface area (Å²) in [5.41, 5.74) is 1.37. The van der Waals surface area contributed by atoms with Crippen molar-refractivity contribution in [1.29, 1.82) is 0 Å². The minimum absolute atomic E-state index is 0.242. The van der Waals surface area contributed by atoms with Crippen molar-refractivity contribution in [3.05, 3.63) is 71.8 Å². The van der Waals surface area contributed by atoms with Gasteiger partial charge in [-0.15, -0.1) is 0 Å². The molecule has 1 aliphatic carbocycles. The zero-order valence-corrected chi connectivity index (χ0v) is 16.7.